The molecular weight excluding hydrogens is 344 g/mol. The summed E-state index contributed by atoms with van der Waals surface area (Å²) < 4.78 is 44.0. The van der Waals surface area contributed by atoms with Crippen LogP contribution in [-0.4, -0.2) is 76.3 Å². The molecule has 0 radical (unpaired) electrons. The Morgan fingerprint density at radius 3 is 2.48 bits per heavy atom. The lowest BCUT2D eigenvalue weighted by Crippen LogP contribution is -2.50. The number of sulfonamides is 1. The first kappa shape index (κ1) is 17.1. The molecule has 2 saturated heterocycles. The van der Waals surface area contributed by atoms with Crippen molar-refractivity contribution in [1.82, 2.24) is 9.21 Å². The van der Waals surface area contributed by atoms with E-state index in [0.717, 1.165) is 39.1 Å². The molecule has 3 aliphatic heterocycles. The van der Waals surface area contributed by atoms with E-state index in [2.05, 4.69) is 4.90 Å². The van der Waals surface area contributed by atoms with Crippen LogP contribution < -0.4 is 9.47 Å². The van der Waals surface area contributed by atoms with Crippen molar-refractivity contribution in [3.8, 4) is 11.5 Å². The van der Waals surface area contributed by atoms with Crippen LogP contribution >= 0.6 is 0 Å². The molecule has 25 heavy (non-hydrogen) atoms. The monoisotopic (exact) mass is 368 g/mol. The molecule has 1 aromatic rings. The third-order valence-electron chi connectivity index (χ3n) is 4.97. The van der Waals surface area contributed by atoms with Gasteiger partial charge in [0.05, 0.1) is 11.0 Å². The number of benzene rings is 1. The minimum Gasteiger partial charge on any atom is -0.486 e. The predicted molar refractivity (Wildman–Crippen MR) is 91.6 cm³/mol. The van der Waals surface area contributed by atoms with E-state index >= 15 is 0 Å². The summed E-state index contributed by atoms with van der Waals surface area (Å²) in [4.78, 5) is 2.57. The smallest absolute Gasteiger partial charge is 0.243 e. The highest BCUT2D eigenvalue weighted by atomic mass is 32.2. The van der Waals surface area contributed by atoms with E-state index in [1.54, 1.807) is 22.5 Å². The summed E-state index contributed by atoms with van der Waals surface area (Å²) in [6.45, 7) is 5.17. The van der Waals surface area contributed by atoms with Gasteiger partial charge in [-0.2, -0.15) is 4.31 Å². The number of ether oxygens (including phenoxy) is 3. The van der Waals surface area contributed by atoms with E-state index in [1.807, 2.05) is 0 Å². The maximum Gasteiger partial charge on any atom is 0.243 e. The third kappa shape index (κ3) is 3.62. The van der Waals surface area contributed by atoms with Crippen molar-refractivity contribution in [3.05, 3.63) is 18.2 Å². The van der Waals surface area contributed by atoms with Crippen molar-refractivity contribution in [1.29, 1.82) is 0 Å². The molecule has 8 heteroatoms. The van der Waals surface area contributed by atoms with Gasteiger partial charge in [0.25, 0.3) is 0 Å². The Bertz CT molecular complexity index is 710. The predicted octanol–water partition coefficient (Wildman–Crippen LogP) is 0.943. The Hall–Kier alpha value is -1.35. The normalized spacial score (nSPS) is 25.2. The molecule has 0 saturated carbocycles. The van der Waals surface area contributed by atoms with E-state index in [1.165, 1.54) is 0 Å². The van der Waals surface area contributed by atoms with Gasteiger partial charge in [-0.15, -0.1) is 0 Å². The zero-order valence-corrected chi connectivity index (χ0v) is 15.0. The number of hydrogen-bond acceptors (Lipinski definition) is 6. The molecule has 0 spiro atoms. The van der Waals surface area contributed by atoms with Gasteiger partial charge in [0, 0.05) is 45.4 Å². The van der Waals surface area contributed by atoms with Gasteiger partial charge in [-0.25, -0.2) is 8.42 Å². The van der Waals surface area contributed by atoms with Gasteiger partial charge in [0.15, 0.2) is 11.5 Å². The summed E-state index contributed by atoms with van der Waals surface area (Å²) in [5, 5.41) is 0. The highest BCUT2D eigenvalue weighted by molar-refractivity contribution is 7.89. The first-order valence-electron chi connectivity index (χ1n) is 8.87. The van der Waals surface area contributed by atoms with Crippen LogP contribution in [0.5, 0.6) is 11.5 Å². The maximum atomic E-state index is 12.9. The minimum atomic E-state index is -3.51. The molecule has 1 aromatic carbocycles. The molecule has 7 nitrogen and oxygen atoms in total. The van der Waals surface area contributed by atoms with Gasteiger partial charge in [0.2, 0.25) is 10.0 Å². The maximum absolute atomic E-state index is 12.9. The number of nitrogens with zero attached hydrogens (tertiary/aromatic N) is 2. The third-order valence-corrected chi connectivity index (χ3v) is 6.86. The summed E-state index contributed by atoms with van der Waals surface area (Å²) in [7, 11) is -3.51. The molecule has 1 atom stereocenters. The zero-order valence-electron chi connectivity index (χ0n) is 14.2. The highest BCUT2D eigenvalue weighted by Gasteiger charge is 2.30. The van der Waals surface area contributed by atoms with Crippen LogP contribution in [0.1, 0.15) is 12.8 Å². The number of piperazine rings is 1. The molecule has 0 aliphatic carbocycles. The van der Waals surface area contributed by atoms with Crippen LogP contribution in [0, 0.1) is 0 Å². The van der Waals surface area contributed by atoms with Crippen LogP contribution in [0.3, 0.4) is 0 Å². The van der Waals surface area contributed by atoms with E-state index in [-0.39, 0.29) is 4.90 Å². The molecule has 0 aromatic heterocycles. The van der Waals surface area contributed by atoms with Gasteiger partial charge < -0.3 is 14.2 Å². The lowest BCUT2D eigenvalue weighted by molar-refractivity contribution is 0.0617. The number of fused-ring (bicyclic) bond motifs is 1. The topological polar surface area (TPSA) is 68.3 Å². The molecule has 0 amide bonds. The quantitative estimate of drug-likeness (QED) is 0.788. The van der Waals surface area contributed by atoms with Gasteiger partial charge >= 0.3 is 0 Å². The van der Waals surface area contributed by atoms with Crippen LogP contribution in [-0.2, 0) is 14.8 Å². The van der Waals surface area contributed by atoms with E-state index in [0.29, 0.717) is 43.9 Å². The van der Waals surface area contributed by atoms with Gasteiger partial charge in [-0.05, 0) is 25.0 Å². The number of rotatable bonds is 4. The fourth-order valence-corrected chi connectivity index (χ4v) is 5.00. The van der Waals surface area contributed by atoms with Crippen molar-refractivity contribution >= 4 is 10.0 Å². The Morgan fingerprint density at radius 2 is 1.76 bits per heavy atom. The second-order valence-electron chi connectivity index (χ2n) is 6.65. The summed E-state index contributed by atoms with van der Waals surface area (Å²) in [5.74, 6) is 1.11. The molecule has 4 rings (SSSR count). The Kier molecular flexibility index (Phi) is 4.86. The van der Waals surface area contributed by atoms with Crippen molar-refractivity contribution in [3.63, 3.8) is 0 Å². The lowest BCUT2D eigenvalue weighted by atomic mass is 10.2. The lowest BCUT2D eigenvalue weighted by Gasteiger charge is -2.35. The van der Waals surface area contributed by atoms with Crippen LogP contribution in [0.4, 0.5) is 0 Å². The Balaban J connectivity index is 1.41. The molecule has 3 heterocycles. The van der Waals surface area contributed by atoms with Crippen LogP contribution in [0.2, 0.25) is 0 Å². The molecule has 138 valence electrons. The zero-order chi connectivity index (χ0) is 17.3. The summed E-state index contributed by atoms with van der Waals surface area (Å²) >= 11 is 0. The van der Waals surface area contributed by atoms with Gasteiger partial charge in [-0.1, -0.05) is 0 Å². The Morgan fingerprint density at radius 1 is 1.00 bits per heavy atom. The fourth-order valence-electron chi connectivity index (χ4n) is 3.56. The molecule has 0 N–H and O–H groups in total. The van der Waals surface area contributed by atoms with Crippen LogP contribution in [0.15, 0.2) is 23.1 Å². The van der Waals surface area contributed by atoms with Crippen molar-refractivity contribution < 1.29 is 22.6 Å². The summed E-state index contributed by atoms with van der Waals surface area (Å²) in [6.07, 6.45) is 2.54. The average Bonchev–Trinajstić information content (AvgIpc) is 3.15. The van der Waals surface area contributed by atoms with E-state index in [9.17, 15) is 8.42 Å². The van der Waals surface area contributed by atoms with E-state index < -0.39 is 10.0 Å². The first-order chi connectivity index (χ1) is 12.1. The molecule has 0 bridgehead atoms. The average molecular weight is 368 g/mol. The SMILES string of the molecule is O=S(=O)(c1ccc2c(c1)OCCO2)N1CCN(CC2CCCO2)CC1. The van der Waals surface area contributed by atoms with Gasteiger partial charge in [-0.3, -0.25) is 4.90 Å². The largest absolute Gasteiger partial charge is 0.486 e. The van der Waals surface area contributed by atoms with Crippen LogP contribution in [0.25, 0.3) is 0 Å². The molecule has 3 aliphatic rings. The van der Waals surface area contributed by atoms with Crippen molar-refractivity contribution in [2.75, 3.05) is 52.5 Å². The van der Waals surface area contributed by atoms with Crippen molar-refractivity contribution in [2.24, 2.45) is 0 Å². The second kappa shape index (κ2) is 7.11. The Labute approximate surface area is 148 Å². The highest BCUT2D eigenvalue weighted by Crippen LogP contribution is 2.33. The standard InChI is InChI=1S/C17H24N2O5S/c20-25(21,15-3-4-16-17(12-15)24-11-10-23-16)19-7-5-18(6-8-19)13-14-2-1-9-22-14/h3-4,12,14H,1-2,5-11,13H2. The molecular formula is C17H24N2O5S. The summed E-state index contributed by atoms with van der Waals surface area (Å²) in [6, 6.07) is 4.85. The van der Waals surface area contributed by atoms with Gasteiger partial charge in [0.1, 0.15) is 13.2 Å². The van der Waals surface area contributed by atoms with E-state index in [4.69, 9.17) is 14.2 Å². The number of hydrogen-bond donors (Lipinski definition) is 0. The molecule has 2 fully saturated rings. The fraction of sp³-hybridized carbons (Fsp3) is 0.647. The minimum absolute atomic E-state index is 0.268. The van der Waals surface area contributed by atoms with Crippen molar-refractivity contribution in [2.45, 2.75) is 23.8 Å². The second-order valence-corrected chi connectivity index (χ2v) is 8.58. The molecule has 1 unspecified atom stereocenters. The summed E-state index contributed by atoms with van der Waals surface area (Å²) in [5.41, 5.74) is 0. The first-order valence-corrected chi connectivity index (χ1v) is 10.3.